The molecule has 3 aromatic rings. The largest absolute Gasteiger partial charge is 0.497 e. The summed E-state index contributed by atoms with van der Waals surface area (Å²) in [6.45, 7) is 5.64. The molecule has 2 aromatic heterocycles. The summed E-state index contributed by atoms with van der Waals surface area (Å²) in [4.78, 5) is 15.7. The van der Waals surface area contributed by atoms with Crippen LogP contribution in [0.3, 0.4) is 0 Å². The number of ether oxygens (including phenoxy) is 1. The van der Waals surface area contributed by atoms with Gasteiger partial charge in [0.1, 0.15) is 5.75 Å². The van der Waals surface area contributed by atoms with Crippen LogP contribution in [0.25, 0.3) is 10.8 Å². The number of nitrogens with zero attached hydrogens (tertiary/aromatic N) is 3. The highest BCUT2D eigenvalue weighted by Gasteiger charge is 2.23. The number of carbonyl (C=O) groups excluding carboxylic acids is 1. The average molecular weight is 415 g/mol. The van der Waals surface area contributed by atoms with Crippen molar-refractivity contribution in [2.45, 2.75) is 39.4 Å². The van der Waals surface area contributed by atoms with Gasteiger partial charge in [-0.05, 0) is 49.0 Å². The predicted molar refractivity (Wildman–Crippen MR) is 113 cm³/mol. The van der Waals surface area contributed by atoms with Gasteiger partial charge in [0.15, 0.2) is 0 Å². The van der Waals surface area contributed by atoms with Crippen LogP contribution in [0.5, 0.6) is 5.75 Å². The second kappa shape index (κ2) is 10.2. The third kappa shape index (κ3) is 5.65. The van der Waals surface area contributed by atoms with Crippen molar-refractivity contribution in [2.24, 2.45) is 0 Å². The van der Waals surface area contributed by atoms with Crippen molar-refractivity contribution in [1.82, 2.24) is 20.4 Å². The SMILES string of the molecule is CCCN(Cc1nnc(-c2cccs2)o1)[C@@H](C)C(=O)NCc1ccc(OC)cc1. The zero-order valence-corrected chi connectivity index (χ0v) is 17.7. The highest BCUT2D eigenvalue weighted by molar-refractivity contribution is 7.13. The minimum absolute atomic E-state index is 0.0349. The Labute approximate surface area is 174 Å². The summed E-state index contributed by atoms with van der Waals surface area (Å²) < 4.78 is 10.9. The summed E-state index contributed by atoms with van der Waals surface area (Å²) in [5.41, 5.74) is 1.02. The Bertz CT molecular complexity index is 893. The fourth-order valence-electron chi connectivity index (χ4n) is 2.93. The van der Waals surface area contributed by atoms with E-state index in [0.717, 1.165) is 29.2 Å². The topological polar surface area (TPSA) is 80.5 Å². The molecule has 0 saturated heterocycles. The first-order valence-electron chi connectivity index (χ1n) is 9.61. The van der Waals surface area contributed by atoms with Gasteiger partial charge in [-0.25, -0.2) is 0 Å². The van der Waals surface area contributed by atoms with Crippen LogP contribution in [-0.2, 0) is 17.9 Å². The molecule has 0 spiro atoms. The van der Waals surface area contributed by atoms with Gasteiger partial charge in [0.05, 0.1) is 24.6 Å². The van der Waals surface area contributed by atoms with Gasteiger partial charge in [-0.1, -0.05) is 25.1 Å². The molecule has 8 heteroatoms. The summed E-state index contributed by atoms with van der Waals surface area (Å²) in [7, 11) is 1.63. The van der Waals surface area contributed by atoms with Crippen LogP contribution in [-0.4, -0.2) is 40.7 Å². The zero-order chi connectivity index (χ0) is 20.6. The maximum absolute atomic E-state index is 12.7. The lowest BCUT2D eigenvalue weighted by molar-refractivity contribution is -0.126. The van der Waals surface area contributed by atoms with Crippen LogP contribution >= 0.6 is 11.3 Å². The molecule has 2 heterocycles. The first kappa shape index (κ1) is 21.0. The molecule has 0 unspecified atom stereocenters. The monoisotopic (exact) mass is 414 g/mol. The molecule has 29 heavy (non-hydrogen) atoms. The lowest BCUT2D eigenvalue weighted by Crippen LogP contribution is -2.44. The minimum Gasteiger partial charge on any atom is -0.497 e. The van der Waals surface area contributed by atoms with Crippen LogP contribution in [0.4, 0.5) is 0 Å². The van der Waals surface area contributed by atoms with Crippen molar-refractivity contribution >= 4 is 17.2 Å². The molecule has 1 atom stereocenters. The lowest BCUT2D eigenvalue weighted by Gasteiger charge is -2.26. The Kier molecular flexibility index (Phi) is 7.37. The van der Waals surface area contributed by atoms with E-state index in [1.807, 2.05) is 48.7 Å². The maximum Gasteiger partial charge on any atom is 0.257 e. The van der Waals surface area contributed by atoms with Crippen molar-refractivity contribution in [3.63, 3.8) is 0 Å². The number of nitrogens with one attached hydrogen (secondary N) is 1. The van der Waals surface area contributed by atoms with Crippen molar-refractivity contribution in [2.75, 3.05) is 13.7 Å². The van der Waals surface area contributed by atoms with Crippen LogP contribution < -0.4 is 10.1 Å². The van der Waals surface area contributed by atoms with Crippen LogP contribution in [0.1, 0.15) is 31.7 Å². The van der Waals surface area contributed by atoms with Crippen molar-refractivity contribution in [1.29, 1.82) is 0 Å². The third-order valence-corrected chi connectivity index (χ3v) is 5.46. The van der Waals surface area contributed by atoms with Crippen molar-refractivity contribution in [3.8, 4) is 16.5 Å². The number of rotatable bonds is 10. The molecule has 0 radical (unpaired) electrons. The summed E-state index contributed by atoms with van der Waals surface area (Å²) >= 11 is 1.55. The molecule has 0 aliphatic heterocycles. The highest BCUT2D eigenvalue weighted by Crippen LogP contribution is 2.23. The zero-order valence-electron chi connectivity index (χ0n) is 16.9. The van der Waals surface area contributed by atoms with Crippen molar-refractivity contribution < 1.29 is 13.9 Å². The normalized spacial score (nSPS) is 12.1. The van der Waals surface area contributed by atoms with Crippen molar-refractivity contribution in [3.05, 3.63) is 53.2 Å². The lowest BCUT2D eigenvalue weighted by atomic mass is 10.2. The summed E-state index contributed by atoms with van der Waals surface area (Å²) in [5, 5.41) is 13.2. The molecule has 154 valence electrons. The van der Waals surface area contributed by atoms with Gasteiger partial charge in [-0.15, -0.1) is 21.5 Å². The second-order valence-corrected chi connectivity index (χ2v) is 7.64. The van der Waals surface area contributed by atoms with Crippen LogP contribution in [0, 0.1) is 0 Å². The Morgan fingerprint density at radius 2 is 2.07 bits per heavy atom. The molecular formula is C21H26N4O3S. The molecular weight excluding hydrogens is 388 g/mol. The van der Waals surface area contributed by atoms with E-state index in [2.05, 4.69) is 27.3 Å². The Balaban J connectivity index is 1.59. The molecule has 3 rings (SSSR count). The number of methoxy groups -OCH3 is 1. The quantitative estimate of drug-likeness (QED) is 0.545. The van der Waals surface area contributed by atoms with Gasteiger partial charge in [0.2, 0.25) is 11.8 Å². The van der Waals surface area contributed by atoms with Crippen LogP contribution in [0.2, 0.25) is 0 Å². The molecule has 7 nitrogen and oxygen atoms in total. The van der Waals surface area contributed by atoms with E-state index < -0.39 is 0 Å². The van der Waals surface area contributed by atoms with E-state index >= 15 is 0 Å². The van der Waals surface area contributed by atoms with Gasteiger partial charge in [-0.3, -0.25) is 9.69 Å². The Morgan fingerprint density at radius 3 is 2.72 bits per heavy atom. The predicted octanol–water partition coefficient (Wildman–Crippen LogP) is 3.72. The Morgan fingerprint density at radius 1 is 1.28 bits per heavy atom. The van der Waals surface area contributed by atoms with Crippen LogP contribution in [0.15, 0.2) is 46.2 Å². The number of benzene rings is 1. The Hall–Kier alpha value is -2.71. The summed E-state index contributed by atoms with van der Waals surface area (Å²) in [6.07, 6.45) is 0.919. The molecule has 1 amide bonds. The molecule has 1 N–H and O–H groups in total. The first-order valence-corrected chi connectivity index (χ1v) is 10.5. The minimum atomic E-state index is -0.315. The van der Waals surface area contributed by atoms with Gasteiger partial charge >= 0.3 is 0 Å². The average Bonchev–Trinajstić information content (AvgIpc) is 3.43. The molecule has 0 saturated carbocycles. The van der Waals surface area contributed by atoms with E-state index in [9.17, 15) is 4.79 Å². The number of hydrogen-bond donors (Lipinski definition) is 1. The molecule has 0 fully saturated rings. The maximum atomic E-state index is 12.7. The third-order valence-electron chi connectivity index (χ3n) is 4.60. The molecule has 0 aliphatic carbocycles. The summed E-state index contributed by atoms with van der Waals surface area (Å²) in [5.74, 6) is 1.79. The van der Waals surface area contributed by atoms with E-state index in [4.69, 9.17) is 9.15 Å². The number of aromatic nitrogens is 2. The molecule has 1 aromatic carbocycles. The van der Waals surface area contributed by atoms with E-state index in [1.165, 1.54) is 0 Å². The first-order chi connectivity index (χ1) is 14.1. The summed E-state index contributed by atoms with van der Waals surface area (Å²) in [6, 6.07) is 11.2. The van der Waals surface area contributed by atoms with E-state index in [1.54, 1.807) is 18.4 Å². The number of amides is 1. The number of carbonyl (C=O) groups is 1. The van der Waals surface area contributed by atoms with E-state index in [-0.39, 0.29) is 11.9 Å². The second-order valence-electron chi connectivity index (χ2n) is 6.69. The van der Waals surface area contributed by atoms with Gasteiger partial charge in [0.25, 0.3) is 5.89 Å². The fourth-order valence-corrected chi connectivity index (χ4v) is 3.58. The van der Waals surface area contributed by atoms with Gasteiger partial charge in [-0.2, -0.15) is 0 Å². The number of thiophene rings is 1. The highest BCUT2D eigenvalue weighted by atomic mass is 32.1. The smallest absolute Gasteiger partial charge is 0.257 e. The van der Waals surface area contributed by atoms with Gasteiger partial charge in [0, 0.05) is 6.54 Å². The number of hydrogen-bond acceptors (Lipinski definition) is 7. The van der Waals surface area contributed by atoms with E-state index in [0.29, 0.717) is 24.9 Å². The molecule has 0 aliphatic rings. The fraction of sp³-hybridized carbons (Fsp3) is 0.381. The molecule has 0 bridgehead atoms. The van der Waals surface area contributed by atoms with Gasteiger partial charge < -0.3 is 14.5 Å². The standard InChI is InChI=1S/C21H26N4O3S/c1-4-11-25(14-19-23-24-21(28-19)18-6-5-12-29-18)15(2)20(26)22-13-16-7-9-17(27-3)10-8-16/h5-10,12,15H,4,11,13-14H2,1-3H3,(H,22,26)/t15-/m0/s1.